The van der Waals surface area contributed by atoms with Crippen LogP contribution in [0.3, 0.4) is 0 Å². The molecule has 1 aromatic carbocycles. The van der Waals surface area contributed by atoms with Crippen molar-refractivity contribution in [2.75, 3.05) is 5.32 Å². The number of aromatic nitrogens is 1. The van der Waals surface area contributed by atoms with Crippen molar-refractivity contribution in [2.24, 2.45) is 11.8 Å². The van der Waals surface area contributed by atoms with E-state index in [1.807, 2.05) is 24.3 Å². The van der Waals surface area contributed by atoms with E-state index in [1.165, 1.54) is 11.3 Å². The Bertz CT molecular complexity index is 649. The van der Waals surface area contributed by atoms with Crippen LogP contribution in [-0.4, -0.2) is 22.0 Å². The molecule has 1 heterocycles. The standard InChI is InChI=1S/C15H16N2O3S/c18-13(9-5-1-2-6-10(9)14(19)20)17-15-16-11-7-3-4-8-12(11)21-15/h3-4,7-10H,1-2,5-6H2,(H,19,20)(H,16,17,18)/t9-,10+/m0/s1. The molecule has 0 aliphatic heterocycles. The van der Waals surface area contributed by atoms with E-state index in [2.05, 4.69) is 10.3 Å². The highest BCUT2D eigenvalue weighted by molar-refractivity contribution is 7.22. The lowest BCUT2D eigenvalue weighted by molar-refractivity contribution is -0.147. The molecule has 5 nitrogen and oxygen atoms in total. The van der Waals surface area contributed by atoms with Crippen LogP contribution < -0.4 is 5.32 Å². The summed E-state index contributed by atoms with van der Waals surface area (Å²) in [7, 11) is 0. The second-order valence-corrected chi connectivity index (χ2v) is 6.34. The Morgan fingerprint density at radius 2 is 1.90 bits per heavy atom. The van der Waals surface area contributed by atoms with Gasteiger partial charge in [-0.05, 0) is 25.0 Å². The highest BCUT2D eigenvalue weighted by atomic mass is 32.1. The number of carboxylic acid groups (broad SMARTS) is 1. The van der Waals surface area contributed by atoms with Gasteiger partial charge in [0.15, 0.2) is 5.13 Å². The lowest BCUT2D eigenvalue weighted by Crippen LogP contribution is -2.36. The van der Waals surface area contributed by atoms with E-state index >= 15 is 0 Å². The van der Waals surface area contributed by atoms with E-state index in [0.717, 1.165) is 23.1 Å². The SMILES string of the molecule is O=C(Nc1nc2ccccc2s1)[C@H]1CCCC[C@H]1C(=O)O. The molecule has 2 atom stereocenters. The Labute approximate surface area is 126 Å². The molecular weight excluding hydrogens is 288 g/mol. The van der Waals surface area contributed by atoms with Crippen LogP contribution >= 0.6 is 11.3 Å². The zero-order valence-corrected chi connectivity index (χ0v) is 12.2. The van der Waals surface area contributed by atoms with Crippen LogP contribution in [0, 0.1) is 11.8 Å². The molecule has 2 aromatic rings. The summed E-state index contributed by atoms with van der Waals surface area (Å²) < 4.78 is 1.01. The maximum absolute atomic E-state index is 12.4. The van der Waals surface area contributed by atoms with Crippen LogP contribution in [0.5, 0.6) is 0 Å². The Morgan fingerprint density at radius 1 is 1.19 bits per heavy atom. The summed E-state index contributed by atoms with van der Waals surface area (Å²) in [6.45, 7) is 0. The van der Waals surface area contributed by atoms with E-state index in [4.69, 9.17) is 0 Å². The number of hydrogen-bond donors (Lipinski definition) is 2. The fraction of sp³-hybridized carbons (Fsp3) is 0.400. The van der Waals surface area contributed by atoms with Crippen molar-refractivity contribution >= 4 is 38.6 Å². The Hall–Kier alpha value is -1.95. The maximum atomic E-state index is 12.4. The van der Waals surface area contributed by atoms with Crippen LogP contribution in [-0.2, 0) is 9.59 Å². The number of hydrogen-bond acceptors (Lipinski definition) is 4. The molecule has 0 unspecified atom stereocenters. The largest absolute Gasteiger partial charge is 0.481 e. The zero-order valence-electron chi connectivity index (χ0n) is 11.4. The van der Waals surface area contributed by atoms with E-state index in [-0.39, 0.29) is 5.91 Å². The number of para-hydroxylation sites is 1. The molecule has 1 aliphatic carbocycles. The summed E-state index contributed by atoms with van der Waals surface area (Å²) in [5.74, 6) is -2.13. The summed E-state index contributed by atoms with van der Waals surface area (Å²) in [6.07, 6.45) is 2.99. The van der Waals surface area contributed by atoms with Crippen LogP contribution in [0.1, 0.15) is 25.7 Å². The van der Waals surface area contributed by atoms with Crippen molar-refractivity contribution in [1.29, 1.82) is 0 Å². The molecule has 0 radical (unpaired) electrons. The number of rotatable bonds is 3. The lowest BCUT2D eigenvalue weighted by Gasteiger charge is -2.26. The van der Waals surface area contributed by atoms with Crippen molar-refractivity contribution in [3.63, 3.8) is 0 Å². The molecule has 0 saturated heterocycles. The van der Waals surface area contributed by atoms with Crippen LogP contribution in [0.2, 0.25) is 0 Å². The number of nitrogens with zero attached hydrogens (tertiary/aromatic N) is 1. The number of carboxylic acids is 1. The summed E-state index contributed by atoms with van der Waals surface area (Å²) in [5, 5.41) is 12.6. The average Bonchev–Trinajstić information content (AvgIpc) is 2.89. The number of benzene rings is 1. The minimum atomic E-state index is -0.876. The van der Waals surface area contributed by atoms with Gasteiger partial charge < -0.3 is 10.4 Å². The number of carbonyl (C=O) groups is 2. The minimum absolute atomic E-state index is 0.221. The smallest absolute Gasteiger partial charge is 0.307 e. The third-order valence-corrected chi connectivity index (χ3v) is 4.90. The van der Waals surface area contributed by atoms with Crippen molar-refractivity contribution in [3.05, 3.63) is 24.3 Å². The summed E-state index contributed by atoms with van der Waals surface area (Å²) in [6, 6.07) is 7.66. The zero-order chi connectivity index (χ0) is 14.8. The second kappa shape index (κ2) is 5.81. The predicted molar refractivity (Wildman–Crippen MR) is 81.3 cm³/mol. The molecule has 1 amide bonds. The first kappa shape index (κ1) is 14.0. The van der Waals surface area contributed by atoms with Gasteiger partial charge in [0.05, 0.1) is 22.1 Å². The van der Waals surface area contributed by atoms with Crippen LogP contribution in [0.4, 0.5) is 5.13 Å². The first-order valence-electron chi connectivity index (χ1n) is 7.04. The number of thiazole rings is 1. The number of amides is 1. The number of aliphatic carboxylic acids is 1. The van der Waals surface area contributed by atoms with Gasteiger partial charge in [0.25, 0.3) is 0 Å². The van der Waals surface area contributed by atoms with Crippen LogP contribution in [0.15, 0.2) is 24.3 Å². The quantitative estimate of drug-likeness (QED) is 0.913. The third-order valence-electron chi connectivity index (χ3n) is 3.94. The second-order valence-electron chi connectivity index (χ2n) is 5.31. The van der Waals surface area contributed by atoms with Gasteiger partial charge in [0, 0.05) is 0 Å². The first-order valence-corrected chi connectivity index (χ1v) is 7.86. The van der Waals surface area contributed by atoms with Gasteiger partial charge in [-0.3, -0.25) is 9.59 Å². The molecule has 110 valence electrons. The van der Waals surface area contributed by atoms with Gasteiger partial charge in [0.2, 0.25) is 5.91 Å². The number of carbonyl (C=O) groups excluding carboxylic acids is 1. The van der Waals surface area contributed by atoms with Crippen molar-refractivity contribution < 1.29 is 14.7 Å². The molecule has 0 bridgehead atoms. The van der Waals surface area contributed by atoms with E-state index in [1.54, 1.807) is 0 Å². The monoisotopic (exact) mass is 304 g/mol. The average molecular weight is 304 g/mol. The Morgan fingerprint density at radius 3 is 2.62 bits per heavy atom. The number of fused-ring (bicyclic) bond motifs is 1. The van der Waals surface area contributed by atoms with Gasteiger partial charge in [-0.25, -0.2) is 4.98 Å². The van der Waals surface area contributed by atoms with Crippen LogP contribution in [0.25, 0.3) is 10.2 Å². The van der Waals surface area contributed by atoms with Gasteiger partial charge >= 0.3 is 5.97 Å². The van der Waals surface area contributed by atoms with E-state index < -0.39 is 17.8 Å². The van der Waals surface area contributed by atoms with E-state index in [0.29, 0.717) is 18.0 Å². The highest BCUT2D eigenvalue weighted by Gasteiger charge is 2.35. The first-order chi connectivity index (χ1) is 10.1. The highest BCUT2D eigenvalue weighted by Crippen LogP contribution is 2.32. The molecule has 1 aromatic heterocycles. The summed E-state index contributed by atoms with van der Waals surface area (Å²) in [4.78, 5) is 28.0. The maximum Gasteiger partial charge on any atom is 0.307 e. The molecular formula is C15H16N2O3S. The molecule has 1 saturated carbocycles. The molecule has 2 N–H and O–H groups in total. The van der Waals surface area contributed by atoms with Gasteiger partial charge in [-0.15, -0.1) is 0 Å². The van der Waals surface area contributed by atoms with Crippen molar-refractivity contribution in [3.8, 4) is 0 Å². The molecule has 0 spiro atoms. The predicted octanol–water partition coefficient (Wildman–Crippen LogP) is 3.13. The third kappa shape index (κ3) is 2.90. The Kier molecular flexibility index (Phi) is 3.88. The Balaban J connectivity index is 1.76. The number of anilines is 1. The van der Waals surface area contributed by atoms with Crippen molar-refractivity contribution in [1.82, 2.24) is 4.98 Å². The fourth-order valence-electron chi connectivity index (χ4n) is 2.86. The lowest BCUT2D eigenvalue weighted by atomic mass is 9.79. The van der Waals surface area contributed by atoms with Gasteiger partial charge in [0.1, 0.15) is 0 Å². The molecule has 21 heavy (non-hydrogen) atoms. The molecule has 6 heteroatoms. The fourth-order valence-corrected chi connectivity index (χ4v) is 3.73. The van der Waals surface area contributed by atoms with Gasteiger partial charge in [-0.2, -0.15) is 0 Å². The minimum Gasteiger partial charge on any atom is -0.481 e. The molecule has 1 aliphatic rings. The normalized spacial score (nSPS) is 22.1. The summed E-state index contributed by atoms with van der Waals surface area (Å²) >= 11 is 1.41. The summed E-state index contributed by atoms with van der Waals surface area (Å²) in [5.41, 5.74) is 0.844. The molecule has 1 fully saturated rings. The van der Waals surface area contributed by atoms with Crippen molar-refractivity contribution in [2.45, 2.75) is 25.7 Å². The van der Waals surface area contributed by atoms with E-state index in [9.17, 15) is 14.7 Å². The molecule has 3 rings (SSSR count). The van der Waals surface area contributed by atoms with Gasteiger partial charge in [-0.1, -0.05) is 36.3 Å². The number of nitrogens with one attached hydrogen (secondary N) is 1. The topological polar surface area (TPSA) is 79.3 Å².